The maximum absolute atomic E-state index is 9.41. The van der Waals surface area contributed by atoms with E-state index in [1.165, 1.54) is 4.70 Å². The van der Waals surface area contributed by atoms with Crippen molar-refractivity contribution in [1.29, 1.82) is 5.26 Å². The van der Waals surface area contributed by atoms with Crippen LogP contribution in [-0.4, -0.2) is 4.98 Å². The Bertz CT molecular complexity index is 526. The fourth-order valence-corrected chi connectivity index (χ4v) is 3.59. The summed E-state index contributed by atoms with van der Waals surface area (Å²) in [5, 5.41) is 10.4. The molecule has 1 aromatic carbocycles. The summed E-state index contributed by atoms with van der Waals surface area (Å²) in [4.78, 5) is 4.63. The van der Waals surface area contributed by atoms with Gasteiger partial charge in [0.25, 0.3) is 0 Å². The highest BCUT2D eigenvalue weighted by molar-refractivity contribution is 7.18. The monoisotopic (exact) mass is 228 g/mol. The lowest BCUT2D eigenvalue weighted by Crippen LogP contribution is -2.18. The zero-order chi connectivity index (χ0) is 11.0. The maximum Gasteiger partial charge on any atom is 0.114 e. The molecule has 0 amide bonds. The Labute approximate surface area is 98.5 Å². The van der Waals surface area contributed by atoms with Gasteiger partial charge in [-0.15, -0.1) is 11.3 Å². The Morgan fingerprint density at radius 1 is 1.25 bits per heavy atom. The molecule has 2 nitrogen and oxygen atoms in total. The number of aromatic nitrogens is 1. The van der Waals surface area contributed by atoms with E-state index >= 15 is 0 Å². The maximum atomic E-state index is 9.41. The molecule has 16 heavy (non-hydrogen) atoms. The lowest BCUT2D eigenvalue weighted by molar-refractivity contribution is 0.570. The molecule has 0 saturated heterocycles. The van der Waals surface area contributed by atoms with Crippen molar-refractivity contribution in [3.8, 4) is 6.07 Å². The lowest BCUT2D eigenvalue weighted by Gasteiger charge is -2.15. The van der Waals surface area contributed by atoms with Crippen LogP contribution in [0.2, 0.25) is 0 Å². The third-order valence-electron chi connectivity index (χ3n) is 3.37. The van der Waals surface area contributed by atoms with Crippen molar-refractivity contribution in [2.24, 2.45) is 0 Å². The van der Waals surface area contributed by atoms with Gasteiger partial charge in [0.05, 0.1) is 16.3 Å². The molecule has 0 aliphatic heterocycles. The van der Waals surface area contributed by atoms with Crippen molar-refractivity contribution < 1.29 is 0 Å². The van der Waals surface area contributed by atoms with Gasteiger partial charge in [0.2, 0.25) is 0 Å². The van der Waals surface area contributed by atoms with Crippen molar-refractivity contribution >= 4 is 21.6 Å². The molecule has 0 atom stereocenters. The molecule has 0 radical (unpaired) electrons. The summed E-state index contributed by atoms with van der Waals surface area (Å²) in [5.41, 5.74) is 0.743. The standard InChI is InChI=1S/C13H12N2S/c14-9-13(7-3-4-8-13)12-15-10-5-1-2-6-11(10)16-12/h1-2,5-6H,3-4,7-8H2. The molecule has 0 unspecified atom stereocenters. The Balaban J connectivity index is 2.15. The van der Waals surface area contributed by atoms with E-state index < -0.39 is 0 Å². The van der Waals surface area contributed by atoms with Crippen LogP contribution in [0.4, 0.5) is 0 Å². The molecule has 1 heterocycles. The van der Waals surface area contributed by atoms with E-state index in [4.69, 9.17) is 0 Å². The quantitative estimate of drug-likeness (QED) is 0.747. The highest BCUT2D eigenvalue weighted by Crippen LogP contribution is 2.43. The highest BCUT2D eigenvalue weighted by atomic mass is 32.1. The minimum atomic E-state index is -0.288. The highest BCUT2D eigenvalue weighted by Gasteiger charge is 2.38. The average molecular weight is 228 g/mol. The normalized spacial score (nSPS) is 18.7. The van der Waals surface area contributed by atoms with Gasteiger partial charge in [-0.25, -0.2) is 4.98 Å². The van der Waals surface area contributed by atoms with E-state index in [1.807, 2.05) is 18.2 Å². The summed E-state index contributed by atoms with van der Waals surface area (Å²) in [6.45, 7) is 0. The minimum absolute atomic E-state index is 0.288. The van der Waals surface area contributed by atoms with Crippen LogP contribution < -0.4 is 0 Å². The molecule has 3 rings (SSSR count). The van der Waals surface area contributed by atoms with Crippen LogP contribution in [0.3, 0.4) is 0 Å². The number of benzene rings is 1. The van der Waals surface area contributed by atoms with Crippen molar-refractivity contribution in [1.82, 2.24) is 4.98 Å². The van der Waals surface area contributed by atoms with Gasteiger partial charge < -0.3 is 0 Å². The molecule has 1 aliphatic carbocycles. The van der Waals surface area contributed by atoms with Crippen molar-refractivity contribution in [2.75, 3.05) is 0 Å². The first-order chi connectivity index (χ1) is 7.84. The van der Waals surface area contributed by atoms with E-state index in [1.54, 1.807) is 11.3 Å². The molecule has 3 heteroatoms. The van der Waals surface area contributed by atoms with Gasteiger partial charge in [-0.05, 0) is 25.0 Å². The second-order valence-electron chi connectivity index (χ2n) is 4.39. The molecule has 80 valence electrons. The van der Waals surface area contributed by atoms with Crippen LogP contribution in [0, 0.1) is 11.3 Å². The van der Waals surface area contributed by atoms with Gasteiger partial charge in [-0.1, -0.05) is 25.0 Å². The zero-order valence-electron chi connectivity index (χ0n) is 8.94. The first-order valence-electron chi connectivity index (χ1n) is 5.61. The molecule has 0 spiro atoms. The van der Waals surface area contributed by atoms with Crippen molar-refractivity contribution in [2.45, 2.75) is 31.1 Å². The molecule has 0 bridgehead atoms. The first-order valence-corrected chi connectivity index (χ1v) is 6.43. The van der Waals surface area contributed by atoms with Gasteiger partial charge in [-0.2, -0.15) is 5.26 Å². The van der Waals surface area contributed by atoms with Gasteiger partial charge in [0, 0.05) is 0 Å². The third-order valence-corrected chi connectivity index (χ3v) is 4.61. The van der Waals surface area contributed by atoms with Gasteiger partial charge >= 0.3 is 0 Å². The van der Waals surface area contributed by atoms with Crippen LogP contribution in [-0.2, 0) is 5.41 Å². The average Bonchev–Trinajstić information content (AvgIpc) is 2.96. The lowest BCUT2D eigenvalue weighted by atomic mass is 9.89. The number of hydrogen-bond donors (Lipinski definition) is 0. The van der Waals surface area contributed by atoms with Crippen molar-refractivity contribution in [3.63, 3.8) is 0 Å². The van der Waals surface area contributed by atoms with Crippen LogP contribution in [0.25, 0.3) is 10.2 Å². The minimum Gasteiger partial charge on any atom is -0.239 e. The molecule has 1 fully saturated rings. The Kier molecular flexibility index (Phi) is 2.19. The topological polar surface area (TPSA) is 36.7 Å². The van der Waals surface area contributed by atoms with Crippen LogP contribution in [0.1, 0.15) is 30.7 Å². The number of para-hydroxylation sites is 1. The number of hydrogen-bond acceptors (Lipinski definition) is 3. The summed E-state index contributed by atoms with van der Waals surface area (Å²) in [6, 6.07) is 10.6. The van der Waals surface area contributed by atoms with Crippen LogP contribution >= 0.6 is 11.3 Å². The Hall–Kier alpha value is -1.40. The second kappa shape index (κ2) is 3.57. The van der Waals surface area contributed by atoms with E-state index in [0.29, 0.717) is 0 Å². The third kappa shape index (κ3) is 1.34. The molecule has 1 aliphatic rings. The molecule has 1 aromatic heterocycles. The van der Waals surface area contributed by atoms with E-state index in [2.05, 4.69) is 17.1 Å². The zero-order valence-corrected chi connectivity index (χ0v) is 9.76. The molecular formula is C13H12N2S. The van der Waals surface area contributed by atoms with Crippen LogP contribution in [0.15, 0.2) is 24.3 Å². The van der Waals surface area contributed by atoms with Gasteiger partial charge in [0.15, 0.2) is 0 Å². The predicted octanol–water partition coefficient (Wildman–Crippen LogP) is 3.63. The Morgan fingerprint density at radius 2 is 2.00 bits per heavy atom. The number of nitrogens with zero attached hydrogens (tertiary/aromatic N) is 2. The SMILES string of the molecule is N#CC1(c2nc3ccccc3s2)CCCC1. The number of rotatable bonds is 1. The summed E-state index contributed by atoms with van der Waals surface area (Å²) in [6.07, 6.45) is 4.26. The summed E-state index contributed by atoms with van der Waals surface area (Å²) < 4.78 is 1.19. The molecular weight excluding hydrogens is 216 g/mol. The van der Waals surface area contributed by atoms with E-state index in [0.717, 1.165) is 36.2 Å². The van der Waals surface area contributed by atoms with E-state index in [-0.39, 0.29) is 5.41 Å². The molecule has 2 aromatic rings. The number of fused-ring (bicyclic) bond motifs is 1. The van der Waals surface area contributed by atoms with Crippen LogP contribution in [0.5, 0.6) is 0 Å². The van der Waals surface area contributed by atoms with Gasteiger partial charge in [0.1, 0.15) is 10.4 Å². The predicted molar refractivity (Wildman–Crippen MR) is 65.4 cm³/mol. The smallest absolute Gasteiger partial charge is 0.114 e. The number of thiazole rings is 1. The van der Waals surface area contributed by atoms with Crippen molar-refractivity contribution in [3.05, 3.63) is 29.3 Å². The van der Waals surface area contributed by atoms with E-state index in [9.17, 15) is 5.26 Å². The summed E-state index contributed by atoms with van der Waals surface area (Å²) in [5.74, 6) is 0. The molecule has 1 saturated carbocycles. The fraction of sp³-hybridized carbons (Fsp3) is 0.385. The van der Waals surface area contributed by atoms with Gasteiger partial charge in [-0.3, -0.25) is 0 Å². The Morgan fingerprint density at radius 3 is 2.69 bits per heavy atom. The summed E-state index contributed by atoms with van der Waals surface area (Å²) in [7, 11) is 0. The summed E-state index contributed by atoms with van der Waals surface area (Å²) >= 11 is 1.68. The largest absolute Gasteiger partial charge is 0.239 e. The number of nitriles is 1. The molecule has 0 N–H and O–H groups in total. The first kappa shape index (κ1) is 9.80. The second-order valence-corrected chi connectivity index (χ2v) is 5.42. The fourth-order valence-electron chi connectivity index (χ4n) is 2.43.